The lowest BCUT2D eigenvalue weighted by Gasteiger charge is -2.09. The van der Waals surface area contributed by atoms with E-state index in [1.165, 1.54) is 22.9 Å². The molecule has 2 aromatic carbocycles. The van der Waals surface area contributed by atoms with Gasteiger partial charge in [0.2, 0.25) is 0 Å². The van der Waals surface area contributed by atoms with Crippen LogP contribution < -0.4 is 0 Å². The molecule has 0 atom stereocenters. The topological polar surface area (TPSA) is 95.7 Å². The molecule has 0 amide bonds. The van der Waals surface area contributed by atoms with Crippen molar-refractivity contribution < 1.29 is 13.9 Å². The highest BCUT2D eigenvalue weighted by molar-refractivity contribution is 6.15. The average Bonchev–Trinajstić information content (AvgIpc) is 3.22. The third kappa shape index (κ3) is 4.84. The molecule has 2 heterocycles. The van der Waals surface area contributed by atoms with Crippen LogP contribution >= 0.6 is 0 Å². The van der Waals surface area contributed by atoms with Crippen molar-refractivity contribution >= 4 is 17.7 Å². The number of carbonyl (C=O) groups excluding carboxylic acids is 1. The second-order valence-corrected chi connectivity index (χ2v) is 6.54. The second kappa shape index (κ2) is 9.04. The quantitative estimate of drug-likeness (QED) is 0.351. The first-order valence-electron chi connectivity index (χ1n) is 9.37. The Hall–Kier alpha value is -4.27. The molecule has 4 aromatic rings. The monoisotopic (exact) mass is 416 g/mol. The van der Waals surface area contributed by atoms with Crippen molar-refractivity contribution in [3.63, 3.8) is 0 Å². The zero-order valence-electron chi connectivity index (χ0n) is 16.5. The molecule has 0 aliphatic rings. The van der Waals surface area contributed by atoms with Gasteiger partial charge in [-0.1, -0.05) is 42.5 Å². The first-order chi connectivity index (χ1) is 15.1. The zero-order valence-corrected chi connectivity index (χ0v) is 16.5. The van der Waals surface area contributed by atoms with Crippen LogP contribution in [0.5, 0.6) is 0 Å². The molecule has 0 fully saturated rings. The minimum atomic E-state index is -0.681. The number of aryl methyl sites for hydroxylation is 1. The summed E-state index contributed by atoms with van der Waals surface area (Å²) < 4.78 is 20.3. The van der Waals surface area contributed by atoms with Crippen molar-refractivity contribution in [3.8, 4) is 11.4 Å². The van der Waals surface area contributed by atoms with Crippen LogP contribution in [0.3, 0.4) is 0 Å². The Labute approximate surface area is 177 Å². The third-order valence-electron chi connectivity index (χ3n) is 4.31. The molecule has 0 bridgehead atoms. The van der Waals surface area contributed by atoms with Crippen LogP contribution in [0.2, 0.25) is 0 Å². The number of esters is 1. The van der Waals surface area contributed by atoms with Crippen LogP contribution in [0.4, 0.5) is 4.39 Å². The molecule has 0 saturated heterocycles. The van der Waals surface area contributed by atoms with Gasteiger partial charge in [0.05, 0.1) is 5.69 Å². The number of aromatic nitrogens is 6. The van der Waals surface area contributed by atoms with Gasteiger partial charge in [-0.25, -0.2) is 19.2 Å². The zero-order chi connectivity index (χ0) is 21.6. The number of carbonyl (C=O) groups is 1. The number of hydrogen-bond acceptors (Lipinski definition) is 7. The molecule has 0 unspecified atom stereocenters. The van der Waals surface area contributed by atoms with Gasteiger partial charge >= 0.3 is 5.97 Å². The Morgan fingerprint density at radius 1 is 1.13 bits per heavy atom. The van der Waals surface area contributed by atoms with Gasteiger partial charge < -0.3 is 4.74 Å². The van der Waals surface area contributed by atoms with Crippen molar-refractivity contribution in [1.29, 1.82) is 0 Å². The molecule has 0 aliphatic heterocycles. The predicted octanol–water partition coefficient (Wildman–Crippen LogP) is 3.32. The number of benzene rings is 2. The number of nitrogens with zero attached hydrogens (tertiary/aromatic N) is 6. The molecule has 0 spiro atoms. The van der Waals surface area contributed by atoms with Gasteiger partial charge in [0.1, 0.15) is 12.4 Å². The molecule has 154 valence electrons. The second-order valence-electron chi connectivity index (χ2n) is 6.54. The standard InChI is InChI=1S/C22H17FN6O2/c1-15-26-27-28-29(15)20(13-16-6-5-9-18(23)12-16)22(30)31-14-19-10-11-24-21(25-19)17-7-3-2-4-8-17/h2-13H,14H2,1H3/b20-13-. The summed E-state index contributed by atoms with van der Waals surface area (Å²) in [6.45, 7) is 1.56. The van der Waals surface area contributed by atoms with Gasteiger partial charge in [-0.15, -0.1) is 5.10 Å². The predicted molar refractivity (Wildman–Crippen MR) is 110 cm³/mol. The van der Waals surface area contributed by atoms with Crippen LogP contribution in [0, 0.1) is 12.7 Å². The Morgan fingerprint density at radius 3 is 2.71 bits per heavy atom. The molecule has 4 rings (SSSR count). The van der Waals surface area contributed by atoms with Gasteiger partial charge in [-0.2, -0.15) is 4.68 Å². The van der Waals surface area contributed by atoms with Crippen LogP contribution in [0.1, 0.15) is 17.1 Å². The fraction of sp³-hybridized carbons (Fsp3) is 0.0909. The van der Waals surface area contributed by atoms with E-state index in [1.807, 2.05) is 30.3 Å². The first kappa shape index (κ1) is 20.0. The summed E-state index contributed by atoms with van der Waals surface area (Å²) in [6, 6.07) is 17.0. The van der Waals surface area contributed by atoms with Crippen molar-refractivity contribution in [3.05, 3.63) is 89.8 Å². The Balaban J connectivity index is 1.57. The minimum absolute atomic E-state index is 0.0467. The molecule has 0 aliphatic carbocycles. The largest absolute Gasteiger partial charge is 0.454 e. The van der Waals surface area contributed by atoms with Gasteiger partial charge in [0.15, 0.2) is 17.3 Å². The van der Waals surface area contributed by atoms with E-state index in [9.17, 15) is 9.18 Å². The highest BCUT2D eigenvalue weighted by Crippen LogP contribution is 2.17. The smallest absolute Gasteiger partial charge is 0.357 e. The van der Waals surface area contributed by atoms with E-state index in [-0.39, 0.29) is 12.3 Å². The van der Waals surface area contributed by atoms with Crippen molar-refractivity contribution in [2.75, 3.05) is 0 Å². The van der Waals surface area contributed by atoms with E-state index in [2.05, 4.69) is 25.5 Å². The molecule has 0 N–H and O–H groups in total. The van der Waals surface area contributed by atoms with Crippen molar-refractivity contribution in [2.24, 2.45) is 0 Å². The average molecular weight is 416 g/mol. The molecular weight excluding hydrogens is 399 g/mol. The van der Waals surface area contributed by atoms with E-state index in [0.717, 1.165) is 5.56 Å². The number of halogens is 1. The van der Waals surface area contributed by atoms with E-state index in [0.29, 0.717) is 22.9 Å². The fourth-order valence-corrected chi connectivity index (χ4v) is 2.83. The maximum atomic E-state index is 13.6. The Kier molecular flexibility index (Phi) is 5.84. The highest BCUT2D eigenvalue weighted by atomic mass is 19.1. The van der Waals surface area contributed by atoms with Gasteiger partial charge in [0, 0.05) is 11.8 Å². The summed E-state index contributed by atoms with van der Waals surface area (Å²) in [5.41, 5.74) is 1.90. The summed E-state index contributed by atoms with van der Waals surface area (Å²) >= 11 is 0. The lowest BCUT2D eigenvalue weighted by atomic mass is 10.2. The van der Waals surface area contributed by atoms with Gasteiger partial charge in [-0.3, -0.25) is 0 Å². The van der Waals surface area contributed by atoms with Crippen molar-refractivity contribution in [1.82, 2.24) is 30.2 Å². The maximum Gasteiger partial charge on any atom is 0.357 e. The first-order valence-corrected chi connectivity index (χ1v) is 9.37. The summed E-state index contributed by atoms with van der Waals surface area (Å²) in [4.78, 5) is 21.6. The number of ether oxygens (including phenoxy) is 1. The van der Waals surface area contributed by atoms with Crippen LogP contribution in [0.15, 0.2) is 66.9 Å². The third-order valence-corrected chi connectivity index (χ3v) is 4.31. The van der Waals surface area contributed by atoms with E-state index < -0.39 is 11.8 Å². The van der Waals surface area contributed by atoms with Crippen LogP contribution in [-0.2, 0) is 16.1 Å². The number of hydrogen-bond donors (Lipinski definition) is 0. The molecule has 9 heteroatoms. The number of rotatable bonds is 6. The minimum Gasteiger partial charge on any atom is -0.454 e. The SMILES string of the molecule is Cc1nnnn1/C(=C\c1cccc(F)c1)C(=O)OCc1ccnc(-c2ccccc2)n1. The lowest BCUT2D eigenvalue weighted by Crippen LogP contribution is -2.15. The van der Waals surface area contributed by atoms with Crippen LogP contribution in [0.25, 0.3) is 23.2 Å². The van der Waals surface area contributed by atoms with Gasteiger partial charge in [0.25, 0.3) is 0 Å². The summed E-state index contributed by atoms with van der Waals surface area (Å²) in [5, 5.41) is 11.2. The lowest BCUT2D eigenvalue weighted by molar-refractivity contribution is -0.138. The Bertz CT molecular complexity index is 1240. The van der Waals surface area contributed by atoms with E-state index in [4.69, 9.17) is 4.74 Å². The van der Waals surface area contributed by atoms with Crippen molar-refractivity contribution in [2.45, 2.75) is 13.5 Å². The molecular formula is C22H17FN6O2. The molecule has 2 aromatic heterocycles. The molecule has 31 heavy (non-hydrogen) atoms. The fourth-order valence-electron chi connectivity index (χ4n) is 2.83. The summed E-state index contributed by atoms with van der Waals surface area (Å²) in [5.74, 6) is -0.196. The van der Waals surface area contributed by atoms with E-state index >= 15 is 0 Å². The Morgan fingerprint density at radius 2 is 1.97 bits per heavy atom. The van der Waals surface area contributed by atoms with Gasteiger partial charge in [-0.05, 0) is 47.2 Å². The number of tetrazole rings is 1. The molecule has 8 nitrogen and oxygen atoms in total. The van der Waals surface area contributed by atoms with E-state index in [1.54, 1.807) is 31.3 Å². The normalized spacial score (nSPS) is 11.4. The summed E-state index contributed by atoms with van der Waals surface area (Å²) in [7, 11) is 0. The highest BCUT2D eigenvalue weighted by Gasteiger charge is 2.18. The maximum absolute atomic E-state index is 13.6. The van der Waals surface area contributed by atoms with Crippen LogP contribution in [-0.4, -0.2) is 36.1 Å². The summed E-state index contributed by atoms with van der Waals surface area (Å²) in [6.07, 6.45) is 3.07. The molecule has 0 saturated carbocycles. The molecule has 0 radical (unpaired) electrons.